The van der Waals surface area contributed by atoms with Gasteiger partial charge >= 0.3 is 12.1 Å². The van der Waals surface area contributed by atoms with Crippen molar-refractivity contribution in [1.29, 1.82) is 0 Å². The second-order valence-corrected chi connectivity index (χ2v) is 8.29. The van der Waals surface area contributed by atoms with Crippen molar-refractivity contribution in [3.63, 3.8) is 0 Å². The molecule has 2 aliphatic carbocycles. The summed E-state index contributed by atoms with van der Waals surface area (Å²) in [6.07, 6.45) is -1.09. The van der Waals surface area contributed by atoms with Gasteiger partial charge in [0.2, 0.25) is 0 Å². The highest BCUT2D eigenvalue weighted by Crippen LogP contribution is 2.63. The number of aromatic carboxylic acids is 1. The van der Waals surface area contributed by atoms with Gasteiger partial charge in [-0.05, 0) is 84.4 Å². The number of alkyl halides is 3. The number of rotatable bonds is 2. The van der Waals surface area contributed by atoms with Crippen LogP contribution in [0.15, 0.2) is 42.5 Å². The summed E-state index contributed by atoms with van der Waals surface area (Å²) in [7, 11) is 0. The fourth-order valence-electron chi connectivity index (χ4n) is 5.86. The maximum Gasteiger partial charge on any atom is 0.416 e. The van der Waals surface area contributed by atoms with Gasteiger partial charge in [-0.2, -0.15) is 13.2 Å². The van der Waals surface area contributed by atoms with Crippen molar-refractivity contribution in [1.82, 2.24) is 0 Å². The van der Waals surface area contributed by atoms with Crippen LogP contribution in [0.1, 0.15) is 58.3 Å². The second kappa shape index (κ2) is 6.00. The van der Waals surface area contributed by atoms with E-state index < -0.39 is 17.7 Å². The largest absolute Gasteiger partial charge is 0.478 e. The highest BCUT2D eigenvalue weighted by molar-refractivity contribution is 5.88. The Morgan fingerprint density at radius 1 is 1.07 bits per heavy atom. The molecule has 2 bridgehead atoms. The monoisotopic (exact) mass is 387 g/mol. The third kappa shape index (κ3) is 2.61. The summed E-state index contributed by atoms with van der Waals surface area (Å²) >= 11 is 0. The molecule has 3 aliphatic rings. The van der Waals surface area contributed by atoms with Gasteiger partial charge in [0, 0.05) is 5.69 Å². The van der Waals surface area contributed by atoms with Gasteiger partial charge in [0.15, 0.2) is 0 Å². The molecule has 2 aromatic carbocycles. The molecule has 0 saturated heterocycles. The molecule has 6 heteroatoms. The van der Waals surface area contributed by atoms with Crippen LogP contribution in [0.3, 0.4) is 0 Å². The van der Waals surface area contributed by atoms with Crippen LogP contribution in [0.25, 0.3) is 0 Å². The Morgan fingerprint density at radius 3 is 2.61 bits per heavy atom. The smallest absolute Gasteiger partial charge is 0.416 e. The van der Waals surface area contributed by atoms with Gasteiger partial charge in [0.1, 0.15) is 0 Å². The first-order valence-electron chi connectivity index (χ1n) is 9.64. The van der Waals surface area contributed by atoms with E-state index in [0.717, 1.165) is 36.6 Å². The van der Waals surface area contributed by atoms with Gasteiger partial charge in [-0.3, -0.25) is 0 Å². The molecule has 2 N–H and O–H groups in total. The molecule has 1 aliphatic heterocycles. The van der Waals surface area contributed by atoms with E-state index in [1.165, 1.54) is 12.1 Å². The van der Waals surface area contributed by atoms with Gasteiger partial charge in [-0.1, -0.05) is 12.1 Å². The summed E-state index contributed by atoms with van der Waals surface area (Å²) in [5.41, 5.74) is 2.16. The maximum atomic E-state index is 13.2. The summed E-state index contributed by atoms with van der Waals surface area (Å²) < 4.78 is 39.7. The molecule has 0 unspecified atom stereocenters. The van der Waals surface area contributed by atoms with E-state index in [0.29, 0.717) is 17.4 Å². The van der Waals surface area contributed by atoms with Crippen LogP contribution in [-0.2, 0) is 6.18 Å². The minimum absolute atomic E-state index is 0.189. The van der Waals surface area contributed by atoms with E-state index in [9.17, 15) is 23.1 Å². The van der Waals surface area contributed by atoms with Gasteiger partial charge in [0.25, 0.3) is 0 Å². The molecule has 2 aromatic rings. The van der Waals surface area contributed by atoms with Crippen LogP contribution >= 0.6 is 0 Å². The van der Waals surface area contributed by atoms with Gasteiger partial charge < -0.3 is 10.4 Å². The summed E-state index contributed by atoms with van der Waals surface area (Å²) in [5, 5.41) is 12.8. The molecular weight excluding hydrogens is 367 g/mol. The lowest BCUT2D eigenvalue weighted by Crippen LogP contribution is -2.35. The van der Waals surface area contributed by atoms with E-state index >= 15 is 0 Å². The predicted molar refractivity (Wildman–Crippen MR) is 98.3 cm³/mol. The molecule has 1 heterocycles. The van der Waals surface area contributed by atoms with E-state index in [2.05, 4.69) is 5.32 Å². The van der Waals surface area contributed by atoms with Crippen molar-refractivity contribution in [2.24, 2.45) is 17.8 Å². The summed E-state index contributed by atoms with van der Waals surface area (Å²) in [5.74, 6) is 0.381. The SMILES string of the molecule is O=C(O)c1ccc2c(c1)[C@@H]1[C@H]3CC[C@@H](C3)[C@@H]1[C@H](c1cccc(C(F)(F)F)c1)N2. The number of benzene rings is 2. The minimum Gasteiger partial charge on any atom is -0.478 e. The van der Waals surface area contributed by atoms with Gasteiger partial charge in [-0.25, -0.2) is 4.79 Å². The molecule has 5 atom stereocenters. The molecule has 5 rings (SSSR count). The maximum absolute atomic E-state index is 13.2. The highest BCUT2D eigenvalue weighted by Gasteiger charge is 2.54. The van der Waals surface area contributed by atoms with Crippen LogP contribution in [0, 0.1) is 17.8 Å². The average Bonchev–Trinajstić information content (AvgIpc) is 3.29. The predicted octanol–water partition coefficient (Wildman–Crippen LogP) is 5.70. The fraction of sp³-hybridized carbons (Fsp3) is 0.409. The molecular formula is C22H20F3NO2. The van der Waals surface area contributed by atoms with Crippen molar-refractivity contribution in [3.8, 4) is 0 Å². The number of hydrogen-bond donors (Lipinski definition) is 2. The number of nitrogens with one attached hydrogen (secondary N) is 1. The van der Waals surface area contributed by atoms with Gasteiger partial charge in [-0.15, -0.1) is 0 Å². The Kier molecular flexibility index (Phi) is 3.77. The first-order chi connectivity index (χ1) is 13.3. The van der Waals surface area contributed by atoms with Crippen molar-refractivity contribution in [3.05, 3.63) is 64.7 Å². The third-order valence-corrected chi connectivity index (χ3v) is 6.91. The molecule has 0 spiro atoms. The Bertz CT molecular complexity index is 955. The number of carbonyl (C=O) groups is 1. The first-order valence-corrected chi connectivity index (χ1v) is 9.64. The Hall–Kier alpha value is -2.50. The van der Waals surface area contributed by atoms with Crippen molar-refractivity contribution in [2.75, 3.05) is 5.32 Å². The Morgan fingerprint density at radius 2 is 1.86 bits per heavy atom. The summed E-state index contributed by atoms with van der Waals surface area (Å²) in [4.78, 5) is 11.4. The van der Waals surface area contributed by atoms with Crippen molar-refractivity contribution < 1.29 is 23.1 Å². The molecule has 0 amide bonds. The zero-order valence-corrected chi connectivity index (χ0v) is 15.0. The topological polar surface area (TPSA) is 49.3 Å². The average molecular weight is 387 g/mol. The minimum atomic E-state index is -4.37. The lowest BCUT2D eigenvalue weighted by molar-refractivity contribution is -0.137. The van der Waals surface area contributed by atoms with E-state index in [-0.39, 0.29) is 23.4 Å². The number of hydrogen-bond acceptors (Lipinski definition) is 2. The highest BCUT2D eigenvalue weighted by atomic mass is 19.4. The standard InChI is InChI=1S/C22H20F3NO2/c23-22(24,25)15-3-1-2-13(9-15)20-19-12-5-4-11(8-12)18(19)16-10-14(21(27)28)6-7-17(16)26-20/h1-3,6-7,9-12,18-20,26H,4-5,8H2,(H,27,28)/t11-,12-,18-,19-,20-/m0/s1. The van der Waals surface area contributed by atoms with Crippen LogP contribution in [-0.4, -0.2) is 11.1 Å². The van der Waals surface area contributed by atoms with E-state index in [4.69, 9.17) is 0 Å². The van der Waals surface area contributed by atoms with Crippen LogP contribution in [0.2, 0.25) is 0 Å². The molecule has 3 nitrogen and oxygen atoms in total. The molecule has 0 radical (unpaired) electrons. The van der Waals surface area contributed by atoms with Crippen molar-refractivity contribution >= 4 is 11.7 Å². The normalized spacial score (nSPS) is 30.5. The van der Waals surface area contributed by atoms with E-state index in [1.54, 1.807) is 24.3 Å². The lowest BCUT2D eigenvalue weighted by atomic mass is 9.68. The van der Waals surface area contributed by atoms with Crippen LogP contribution < -0.4 is 5.32 Å². The van der Waals surface area contributed by atoms with Crippen molar-refractivity contribution in [2.45, 2.75) is 37.4 Å². The number of anilines is 1. The fourth-order valence-corrected chi connectivity index (χ4v) is 5.86. The Labute approximate surface area is 160 Å². The zero-order chi connectivity index (χ0) is 19.6. The second-order valence-electron chi connectivity index (χ2n) is 8.29. The molecule has 146 valence electrons. The summed E-state index contributed by atoms with van der Waals surface area (Å²) in [6.45, 7) is 0. The van der Waals surface area contributed by atoms with E-state index in [1.807, 2.05) is 0 Å². The Balaban J connectivity index is 1.61. The lowest BCUT2D eigenvalue weighted by Gasteiger charge is -2.43. The number of carboxylic acid groups (broad SMARTS) is 1. The van der Waals surface area contributed by atoms with Crippen LogP contribution in [0.4, 0.5) is 18.9 Å². The summed E-state index contributed by atoms with van der Waals surface area (Å²) in [6, 6.07) is 10.5. The first kappa shape index (κ1) is 17.6. The number of carboxylic acids is 1. The molecule has 2 fully saturated rings. The molecule has 28 heavy (non-hydrogen) atoms. The molecule has 0 aromatic heterocycles. The van der Waals surface area contributed by atoms with Crippen LogP contribution in [0.5, 0.6) is 0 Å². The molecule has 2 saturated carbocycles. The third-order valence-electron chi connectivity index (χ3n) is 6.91. The zero-order valence-electron chi connectivity index (χ0n) is 15.0. The quantitative estimate of drug-likeness (QED) is 0.695. The number of halogens is 3. The number of fused-ring (bicyclic) bond motifs is 7. The van der Waals surface area contributed by atoms with Gasteiger partial charge in [0.05, 0.1) is 17.2 Å².